The first kappa shape index (κ1) is 15.0. The molecule has 0 N–H and O–H groups in total. The van der Waals surface area contributed by atoms with E-state index < -0.39 is 0 Å². The van der Waals surface area contributed by atoms with Crippen molar-refractivity contribution in [1.82, 2.24) is 4.90 Å². The Morgan fingerprint density at radius 1 is 1.24 bits per heavy atom. The van der Waals surface area contributed by atoms with Crippen molar-refractivity contribution in [1.29, 1.82) is 0 Å². The van der Waals surface area contributed by atoms with Gasteiger partial charge in [0.05, 0.1) is 5.75 Å². The van der Waals surface area contributed by atoms with E-state index in [1.54, 1.807) is 11.8 Å². The SMILES string of the molecule is CC1(C)CC2CC(C)(CN2C(=O)CSc2ccccc2)C1. The van der Waals surface area contributed by atoms with Crippen molar-refractivity contribution in [2.75, 3.05) is 12.3 Å². The molecule has 1 saturated carbocycles. The summed E-state index contributed by atoms with van der Waals surface area (Å²) < 4.78 is 0. The summed E-state index contributed by atoms with van der Waals surface area (Å²) in [4.78, 5) is 16.0. The number of thioether (sulfide) groups is 1. The highest BCUT2D eigenvalue weighted by atomic mass is 32.2. The highest BCUT2D eigenvalue weighted by molar-refractivity contribution is 8.00. The summed E-state index contributed by atoms with van der Waals surface area (Å²) in [5.41, 5.74) is 0.707. The van der Waals surface area contributed by atoms with Gasteiger partial charge in [0.1, 0.15) is 0 Å². The lowest BCUT2D eigenvalue weighted by molar-refractivity contribution is -0.129. The fourth-order valence-corrected chi connectivity index (χ4v) is 5.30. The Morgan fingerprint density at radius 2 is 1.95 bits per heavy atom. The van der Waals surface area contributed by atoms with Gasteiger partial charge in [-0.2, -0.15) is 0 Å². The van der Waals surface area contributed by atoms with Crippen LogP contribution in [-0.4, -0.2) is 29.1 Å². The smallest absolute Gasteiger partial charge is 0.233 e. The number of hydrogen-bond donors (Lipinski definition) is 0. The lowest BCUT2D eigenvalue weighted by atomic mass is 9.65. The molecule has 1 heterocycles. The third-order valence-corrected chi connectivity index (χ3v) is 5.84. The van der Waals surface area contributed by atoms with Crippen LogP contribution in [0.15, 0.2) is 35.2 Å². The second kappa shape index (κ2) is 5.35. The van der Waals surface area contributed by atoms with Gasteiger partial charge in [-0.3, -0.25) is 4.79 Å². The van der Waals surface area contributed by atoms with Crippen molar-refractivity contribution in [3.63, 3.8) is 0 Å². The van der Waals surface area contributed by atoms with E-state index in [4.69, 9.17) is 0 Å². The first-order valence-corrected chi connectivity index (χ1v) is 8.83. The highest BCUT2D eigenvalue weighted by Crippen LogP contribution is 2.52. The Hall–Kier alpha value is -0.960. The van der Waals surface area contributed by atoms with E-state index in [0.29, 0.717) is 28.5 Å². The number of hydrogen-bond acceptors (Lipinski definition) is 2. The number of fused-ring (bicyclic) bond motifs is 2. The Morgan fingerprint density at radius 3 is 2.67 bits per heavy atom. The Balaban J connectivity index is 1.64. The minimum atomic E-state index is 0.315. The number of carbonyl (C=O) groups excluding carboxylic acids is 1. The summed E-state index contributed by atoms with van der Waals surface area (Å²) in [6.45, 7) is 8.02. The topological polar surface area (TPSA) is 20.3 Å². The number of carbonyl (C=O) groups is 1. The molecule has 1 aromatic rings. The zero-order chi connectivity index (χ0) is 15.1. The monoisotopic (exact) mass is 303 g/mol. The van der Waals surface area contributed by atoms with Crippen molar-refractivity contribution < 1.29 is 4.79 Å². The van der Waals surface area contributed by atoms with Crippen LogP contribution in [0.5, 0.6) is 0 Å². The number of benzene rings is 1. The van der Waals surface area contributed by atoms with Crippen molar-refractivity contribution >= 4 is 17.7 Å². The third-order valence-electron chi connectivity index (χ3n) is 4.84. The van der Waals surface area contributed by atoms with Gasteiger partial charge in [-0.25, -0.2) is 0 Å². The fourth-order valence-electron chi connectivity index (χ4n) is 4.50. The second-order valence-electron chi connectivity index (χ2n) is 7.84. The molecule has 0 radical (unpaired) electrons. The van der Waals surface area contributed by atoms with Crippen LogP contribution in [0.25, 0.3) is 0 Å². The lowest BCUT2D eigenvalue weighted by Gasteiger charge is -2.39. The van der Waals surface area contributed by atoms with Crippen LogP contribution >= 0.6 is 11.8 Å². The van der Waals surface area contributed by atoms with E-state index in [2.05, 4.69) is 37.8 Å². The molecule has 2 aliphatic rings. The van der Waals surface area contributed by atoms with Crippen LogP contribution in [0.4, 0.5) is 0 Å². The number of rotatable bonds is 3. The highest BCUT2D eigenvalue weighted by Gasteiger charge is 2.50. The van der Waals surface area contributed by atoms with Gasteiger partial charge in [-0.05, 0) is 42.2 Å². The van der Waals surface area contributed by atoms with Crippen LogP contribution < -0.4 is 0 Å². The molecule has 2 nitrogen and oxygen atoms in total. The maximum Gasteiger partial charge on any atom is 0.233 e. The quantitative estimate of drug-likeness (QED) is 0.780. The largest absolute Gasteiger partial charge is 0.338 e. The molecule has 0 spiro atoms. The molecule has 2 fully saturated rings. The summed E-state index contributed by atoms with van der Waals surface area (Å²) in [6.07, 6.45) is 3.59. The summed E-state index contributed by atoms with van der Waals surface area (Å²) in [5.74, 6) is 0.882. The predicted molar refractivity (Wildman–Crippen MR) is 88.4 cm³/mol. The van der Waals surface area contributed by atoms with Crippen LogP contribution in [0.1, 0.15) is 40.0 Å². The molecular formula is C18H25NOS. The summed E-state index contributed by atoms with van der Waals surface area (Å²) >= 11 is 1.66. The van der Waals surface area contributed by atoms with Crippen molar-refractivity contribution in [3.05, 3.63) is 30.3 Å². The molecular weight excluding hydrogens is 278 g/mol. The van der Waals surface area contributed by atoms with Gasteiger partial charge in [0, 0.05) is 17.5 Å². The standard InChI is InChI=1S/C18H25NOS/c1-17(2)9-14-10-18(3,12-17)13-19(14)16(20)11-21-15-7-5-4-6-8-15/h4-8,14H,9-13H2,1-3H3. The molecule has 3 rings (SSSR count). The van der Waals surface area contributed by atoms with Gasteiger partial charge in [0.15, 0.2) is 0 Å². The lowest BCUT2D eigenvalue weighted by Crippen LogP contribution is -2.38. The summed E-state index contributed by atoms with van der Waals surface area (Å²) in [5, 5.41) is 0. The molecule has 2 unspecified atom stereocenters. The van der Waals surface area contributed by atoms with Gasteiger partial charge in [-0.1, -0.05) is 39.0 Å². The van der Waals surface area contributed by atoms with Gasteiger partial charge in [0.25, 0.3) is 0 Å². The van der Waals surface area contributed by atoms with Gasteiger partial charge in [-0.15, -0.1) is 11.8 Å². The predicted octanol–water partition coefficient (Wildman–Crippen LogP) is 4.21. The normalized spacial score (nSPS) is 30.4. The van der Waals surface area contributed by atoms with Crippen LogP contribution in [-0.2, 0) is 4.79 Å². The van der Waals surface area contributed by atoms with Crippen LogP contribution in [0.2, 0.25) is 0 Å². The molecule has 1 aliphatic carbocycles. The van der Waals surface area contributed by atoms with Gasteiger partial charge in [0.2, 0.25) is 5.91 Å². The van der Waals surface area contributed by atoms with Crippen LogP contribution in [0, 0.1) is 10.8 Å². The summed E-state index contributed by atoms with van der Waals surface area (Å²) in [6, 6.07) is 10.7. The molecule has 1 amide bonds. The molecule has 3 heteroatoms. The van der Waals surface area contributed by atoms with Crippen molar-refractivity contribution in [3.8, 4) is 0 Å². The maximum atomic E-state index is 12.6. The van der Waals surface area contributed by atoms with Gasteiger partial charge < -0.3 is 4.90 Å². The van der Waals surface area contributed by atoms with Crippen molar-refractivity contribution in [2.24, 2.45) is 10.8 Å². The van der Waals surface area contributed by atoms with E-state index in [9.17, 15) is 4.79 Å². The molecule has 1 saturated heterocycles. The first-order chi connectivity index (χ1) is 9.87. The fraction of sp³-hybridized carbons (Fsp3) is 0.611. The maximum absolute atomic E-state index is 12.6. The zero-order valence-electron chi connectivity index (χ0n) is 13.3. The van der Waals surface area contributed by atoms with Crippen molar-refractivity contribution in [2.45, 2.75) is 51.0 Å². The first-order valence-electron chi connectivity index (χ1n) is 7.84. The minimum Gasteiger partial charge on any atom is -0.338 e. The van der Waals surface area contributed by atoms with E-state index in [0.717, 1.165) is 13.0 Å². The van der Waals surface area contributed by atoms with E-state index in [1.165, 1.54) is 17.7 Å². The van der Waals surface area contributed by atoms with Crippen LogP contribution in [0.3, 0.4) is 0 Å². The number of amides is 1. The molecule has 0 aromatic heterocycles. The second-order valence-corrected chi connectivity index (χ2v) is 8.89. The van der Waals surface area contributed by atoms with E-state index in [1.807, 2.05) is 18.2 Å². The molecule has 1 aliphatic heterocycles. The zero-order valence-corrected chi connectivity index (χ0v) is 14.1. The number of nitrogens with zero attached hydrogens (tertiary/aromatic N) is 1. The third kappa shape index (κ3) is 3.28. The molecule has 2 bridgehead atoms. The molecule has 114 valence electrons. The summed E-state index contributed by atoms with van der Waals surface area (Å²) in [7, 11) is 0. The minimum absolute atomic E-state index is 0.315. The Labute approximate surface area is 132 Å². The Bertz CT molecular complexity index is 527. The molecule has 2 atom stereocenters. The number of likely N-dealkylation sites (tertiary alicyclic amines) is 1. The average Bonchev–Trinajstić information content (AvgIpc) is 2.66. The molecule has 1 aromatic carbocycles. The Kier molecular flexibility index (Phi) is 3.81. The average molecular weight is 303 g/mol. The molecule has 21 heavy (non-hydrogen) atoms. The van der Waals surface area contributed by atoms with E-state index in [-0.39, 0.29) is 0 Å². The van der Waals surface area contributed by atoms with Gasteiger partial charge >= 0.3 is 0 Å². The van der Waals surface area contributed by atoms with E-state index >= 15 is 0 Å².